The highest BCUT2D eigenvalue weighted by atomic mass is 16.5. The minimum Gasteiger partial charge on any atom is -0.464 e. The summed E-state index contributed by atoms with van der Waals surface area (Å²) < 4.78 is 5.31. The molecule has 4 nitrogen and oxygen atoms in total. The van der Waals surface area contributed by atoms with Gasteiger partial charge in [-0.1, -0.05) is 52.7 Å². The fraction of sp³-hybridized carbons (Fsp3) is 0.600. The van der Waals surface area contributed by atoms with Crippen LogP contribution in [0.25, 0.3) is 0 Å². The van der Waals surface area contributed by atoms with Crippen LogP contribution in [-0.4, -0.2) is 25.0 Å². The quantitative estimate of drug-likeness (QED) is 0.659. The van der Waals surface area contributed by atoms with Crippen LogP contribution in [0.4, 0.5) is 0 Å². The largest absolute Gasteiger partial charge is 0.464 e. The Kier molecular flexibility index (Phi) is 9.13. The summed E-state index contributed by atoms with van der Waals surface area (Å²) in [6, 6.07) is 7.40. The molecular formula is C20H31NO3. The molecule has 1 amide bonds. The van der Waals surface area contributed by atoms with Gasteiger partial charge in [-0.25, -0.2) is 0 Å². The van der Waals surface area contributed by atoms with E-state index in [0.29, 0.717) is 24.0 Å². The number of nitrogens with one attached hydrogen (secondary N) is 1. The van der Waals surface area contributed by atoms with Gasteiger partial charge in [0.05, 0.1) is 6.61 Å². The minimum atomic E-state index is -0.379. The van der Waals surface area contributed by atoms with Crippen LogP contribution in [0.15, 0.2) is 24.3 Å². The molecule has 1 aromatic rings. The standard InChI is InChI=1S/C20H31NO3/c1-5-15(4)12-17(7-3)14-24-19(22)13-21-20(23)18-10-8-16(6-2)9-11-18/h8-11,15,17H,5-7,12-14H2,1-4H3,(H,21,23). The maximum Gasteiger partial charge on any atom is 0.325 e. The summed E-state index contributed by atoms with van der Waals surface area (Å²) in [5, 5.41) is 2.62. The fourth-order valence-corrected chi connectivity index (χ4v) is 2.50. The van der Waals surface area contributed by atoms with E-state index in [1.54, 1.807) is 12.1 Å². The number of esters is 1. The molecule has 0 spiro atoms. The van der Waals surface area contributed by atoms with Crippen LogP contribution in [0.2, 0.25) is 0 Å². The average molecular weight is 333 g/mol. The lowest BCUT2D eigenvalue weighted by atomic mass is 9.93. The number of carbonyl (C=O) groups excluding carboxylic acids is 2. The summed E-state index contributed by atoms with van der Waals surface area (Å²) in [6.07, 6.45) is 4.13. The van der Waals surface area contributed by atoms with Crippen molar-refractivity contribution < 1.29 is 14.3 Å². The van der Waals surface area contributed by atoms with Gasteiger partial charge >= 0.3 is 5.97 Å². The molecule has 0 aliphatic carbocycles. The first kappa shape index (κ1) is 20.2. The molecule has 0 aromatic heterocycles. The Balaban J connectivity index is 2.35. The maximum atomic E-state index is 12.0. The number of ether oxygens (including phenoxy) is 1. The topological polar surface area (TPSA) is 55.4 Å². The summed E-state index contributed by atoms with van der Waals surface area (Å²) in [5.74, 6) is 0.401. The lowest BCUT2D eigenvalue weighted by Crippen LogP contribution is -2.31. The van der Waals surface area contributed by atoms with Crippen molar-refractivity contribution in [1.82, 2.24) is 5.32 Å². The van der Waals surface area contributed by atoms with Crippen molar-refractivity contribution in [3.05, 3.63) is 35.4 Å². The zero-order chi connectivity index (χ0) is 17.9. The van der Waals surface area contributed by atoms with E-state index in [1.807, 2.05) is 12.1 Å². The molecular weight excluding hydrogens is 302 g/mol. The second-order valence-electron chi connectivity index (χ2n) is 6.44. The zero-order valence-corrected chi connectivity index (χ0v) is 15.4. The van der Waals surface area contributed by atoms with Crippen molar-refractivity contribution in [2.75, 3.05) is 13.2 Å². The molecule has 0 saturated carbocycles. The van der Waals surface area contributed by atoms with Gasteiger partial charge < -0.3 is 10.1 Å². The summed E-state index contributed by atoms with van der Waals surface area (Å²) in [6.45, 7) is 8.91. The Bertz CT molecular complexity index is 510. The van der Waals surface area contributed by atoms with E-state index in [2.05, 4.69) is 33.0 Å². The molecule has 0 aliphatic rings. The molecule has 1 N–H and O–H groups in total. The van der Waals surface area contributed by atoms with E-state index in [9.17, 15) is 9.59 Å². The van der Waals surface area contributed by atoms with Crippen LogP contribution < -0.4 is 5.32 Å². The molecule has 0 bridgehead atoms. The Morgan fingerprint density at radius 2 is 1.75 bits per heavy atom. The van der Waals surface area contributed by atoms with E-state index in [-0.39, 0.29) is 18.4 Å². The summed E-state index contributed by atoms with van der Waals surface area (Å²) >= 11 is 0. The fourth-order valence-electron chi connectivity index (χ4n) is 2.50. The summed E-state index contributed by atoms with van der Waals surface area (Å²) in [5.41, 5.74) is 1.74. The molecule has 24 heavy (non-hydrogen) atoms. The molecule has 1 rings (SSSR count). The highest BCUT2D eigenvalue weighted by Gasteiger charge is 2.14. The number of rotatable bonds is 10. The molecule has 2 unspecified atom stereocenters. The second kappa shape index (κ2) is 10.8. The van der Waals surface area contributed by atoms with E-state index >= 15 is 0 Å². The Morgan fingerprint density at radius 1 is 1.08 bits per heavy atom. The van der Waals surface area contributed by atoms with Crippen LogP contribution in [0, 0.1) is 11.8 Å². The lowest BCUT2D eigenvalue weighted by molar-refractivity contribution is -0.144. The molecule has 0 radical (unpaired) electrons. The van der Waals surface area contributed by atoms with Crippen molar-refractivity contribution in [3.63, 3.8) is 0 Å². The third kappa shape index (κ3) is 7.16. The first-order valence-corrected chi connectivity index (χ1v) is 9.02. The van der Waals surface area contributed by atoms with Gasteiger partial charge in [-0.05, 0) is 42.4 Å². The third-order valence-electron chi connectivity index (χ3n) is 4.51. The third-order valence-corrected chi connectivity index (χ3v) is 4.51. The van der Waals surface area contributed by atoms with E-state index in [1.165, 1.54) is 5.56 Å². The van der Waals surface area contributed by atoms with Crippen molar-refractivity contribution >= 4 is 11.9 Å². The van der Waals surface area contributed by atoms with Crippen LogP contribution in [-0.2, 0) is 16.0 Å². The predicted molar refractivity (Wildman–Crippen MR) is 97.0 cm³/mol. The van der Waals surface area contributed by atoms with E-state index in [0.717, 1.165) is 25.7 Å². The highest BCUT2D eigenvalue weighted by Crippen LogP contribution is 2.18. The number of carbonyl (C=O) groups is 2. The molecule has 0 aliphatic heterocycles. The predicted octanol–water partition coefficient (Wildman–Crippen LogP) is 3.98. The molecule has 0 fully saturated rings. The lowest BCUT2D eigenvalue weighted by Gasteiger charge is -2.18. The number of amides is 1. The zero-order valence-electron chi connectivity index (χ0n) is 15.4. The minimum absolute atomic E-state index is 0.0892. The normalized spacial score (nSPS) is 13.2. The molecule has 1 aromatic carbocycles. The van der Waals surface area contributed by atoms with Crippen LogP contribution in [0.3, 0.4) is 0 Å². The SMILES string of the molecule is CCc1ccc(C(=O)NCC(=O)OCC(CC)CC(C)CC)cc1. The molecule has 0 heterocycles. The summed E-state index contributed by atoms with van der Waals surface area (Å²) in [7, 11) is 0. The number of aryl methyl sites for hydroxylation is 1. The smallest absolute Gasteiger partial charge is 0.325 e. The average Bonchev–Trinajstić information content (AvgIpc) is 2.62. The second-order valence-corrected chi connectivity index (χ2v) is 6.44. The Morgan fingerprint density at radius 3 is 2.29 bits per heavy atom. The van der Waals surface area contributed by atoms with Crippen LogP contribution in [0.5, 0.6) is 0 Å². The van der Waals surface area contributed by atoms with Crippen LogP contribution in [0.1, 0.15) is 62.9 Å². The van der Waals surface area contributed by atoms with Gasteiger partial charge in [-0.2, -0.15) is 0 Å². The van der Waals surface area contributed by atoms with Gasteiger partial charge in [0.2, 0.25) is 0 Å². The first-order chi connectivity index (χ1) is 11.5. The highest BCUT2D eigenvalue weighted by molar-refractivity contribution is 5.95. The van der Waals surface area contributed by atoms with Crippen molar-refractivity contribution in [2.45, 2.75) is 53.4 Å². The van der Waals surface area contributed by atoms with Crippen LogP contribution >= 0.6 is 0 Å². The maximum absolute atomic E-state index is 12.0. The molecule has 2 atom stereocenters. The van der Waals surface area contributed by atoms with E-state index in [4.69, 9.17) is 4.74 Å². The monoisotopic (exact) mass is 333 g/mol. The van der Waals surface area contributed by atoms with Gasteiger partial charge in [0, 0.05) is 5.56 Å². The Hall–Kier alpha value is -1.84. The number of hydrogen-bond donors (Lipinski definition) is 1. The van der Waals surface area contributed by atoms with Gasteiger partial charge in [0.25, 0.3) is 5.91 Å². The molecule has 134 valence electrons. The van der Waals surface area contributed by atoms with Gasteiger partial charge in [0.15, 0.2) is 0 Å². The number of hydrogen-bond acceptors (Lipinski definition) is 3. The van der Waals surface area contributed by atoms with Crippen molar-refractivity contribution in [3.8, 4) is 0 Å². The summed E-state index contributed by atoms with van der Waals surface area (Å²) in [4.78, 5) is 23.8. The van der Waals surface area contributed by atoms with E-state index < -0.39 is 0 Å². The van der Waals surface area contributed by atoms with Gasteiger partial charge in [-0.3, -0.25) is 9.59 Å². The van der Waals surface area contributed by atoms with Crippen molar-refractivity contribution in [1.29, 1.82) is 0 Å². The number of benzene rings is 1. The molecule has 4 heteroatoms. The Labute approximate surface area is 146 Å². The molecule has 0 saturated heterocycles. The van der Waals surface area contributed by atoms with Gasteiger partial charge in [0.1, 0.15) is 6.54 Å². The van der Waals surface area contributed by atoms with Crippen molar-refractivity contribution in [2.24, 2.45) is 11.8 Å². The first-order valence-electron chi connectivity index (χ1n) is 9.02. The van der Waals surface area contributed by atoms with Gasteiger partial charge in [-0.15, -0.1) is 0 Å².